The molecule has 0 radical (unpaired) electrons. The molecule has 0 aromatic heterocycles. The molecule has 0 saturated carbocycles. The molecule has 0 unspecified atom stereocenters. The van der Waals surface area contributed by atoms with Crippen LogP contribution in [-0.4, -0.2) is 0 Å². The minimum Gasteiger partial charge on any atom is -0.239 e. The summed E-state index contributed by atoms with van der Waals surface area (Å²) in [6, 6.07) is 9.39. The second-order valence-corrected chi connectivity index (χ2v) is 3.04. The van der Waals surface area contributed by atoms with Crippen molar-refractivity contribution in [3.63, 3.8) is 0 Å². The van der Waals surface area contributed by atoms with Gasteiger partial charge < -0.3 is 0 Å². The number of alkyl halides is 1. The Morgan fingerprint density at radius 1 is 1.08 bits per heavy atom. The number of benzene rings is 1. The molecule has 0 amide bonds. The minimum absolute atomic E-state index is 0.549. The lowest BCUT2D eigenvalue weighted by molar-refractivity contribution is 0.152. The van der Waals surface area contributed by atoms with Crippen LogP contribution in [0, 0.1) is 0 Å². The maximum Gasteiger partial charge on any atom is 0.135 e. The zero-order valence-electron chi connectivity index (χ0n) is 7.68. The average Bonchev–Trinajstić information content (AvgIpc) is 2.18. The van der Waals surface area contributed by atoms with Crippen molar-refractivity contribution in [3.8, 4) is 0 Å². The second-order valence-electron chi connectivity index (χ2n) is 3.04. The van der Waals surface area contributed by atoms with Crippen LogP contribution in [0.3, 0.4) is 0 Å². The van der Waals surface area contributed by atoms with Crippen LogP contribution in [0.25, 0.3) is 0 Å². The lowest BCUT2D eigenvalue weighted by Gasteiger charge is -2.22. The van der Waals surface area contributed by atoms with Crippen LogP contribution >= 0.6 is 0 Å². The third kappa shape index (κ3) is 1.66. The molecular formula is C11H15F. The molecule has 12 heavy (non-hydrogen) atoms. The fourth-order valence-corrected chi connectivity index (χ4v) is 1.40. The van der Waals surface area contributed by atoms with Crippen molar-refractivity contribution in [3.05, 3.63) is 35.9 Å². The van der Waals surface area contributed by atoms with E-state index in [1.54, 1.807) is 0 Å². The van der Waals surface area contributed by atoms with Crippen LogP contribution in [0.1, 0.15) is 32.3 Å². The van der Waals surface area contributed by atoms with Crippen molar-refractivity contribution in [2.24, 2.45) is 0 Å². The van der Waals surface area contributed by atoms with Crippen LogP contribution < -0.4 is 0 Å². The van der Waals surface area contributed by atoms with E-state index in [0.29, 0.717) is 12.8 Å². The van der Waals surface area contributed by atoms with Gasteiger partial charge in [0, 0.05) is 0 Å². The summed E-state index contributed by atoms with van der Waals surface area (Å²) in [7, 11) is 0. The van der Waals surface area contributed by atoms with Crippen molar-refractivity contribution in [2.75, 3.05) is 0 Å². The van der Waals surface area contributed by atoms with Crippen LogP contribution in [0.2, 0.25) is 0 Å². The van der Waals surface area contributed by atoms with E-state index in [1.165, 1.54) is 0 Å². The van der Waals surface area contributed by atoms with Gasteiger partial charge in [0.1, 0.15) is 5.67 Å². The van der Waals surface area contributed by atoms with E-state index in [9.17, 15) is 4.39 Å². The van der Waals surface area contributed by atoms with Gasteiger partial charge >= 0.3 is 0 Å². The molecule has 0 N–H and O–H groups in total. The predicted octanol–water partition coefficient (Wildman–Crippen LogP) is 3.67. The number of rotatable bonds is 3. The van der Waals surface area contributed by atoms with Crippen molar-refractivity contribution in [2.45, 2.75) is 32.4 Å². The van der Waals surface area contributed by atoms with E-state index in [-0.39, 0.29) is 0 Å². The van der Waals surface area contributed by atoms with E-state index >= 15 is 0 Å². The van der Waals surface area contributed by atoms with Gasteiger partial charge in [0.25, 0.3) is 0 Å². The van der Waals surface area contributed by atoms with E-state index < -0.39 is 5.67 Å². The molecule has 1 aromatic carbocycles. The Morgan fingerprint density at radius 2 is 1.58 bits per heavy atom. The molecule has 0 nitrogen and oxygen atoms in total. The van der Waals surface area contributed by atoms with Crippen molar-refractivity contribution >= 4 is 0 Å². The smallest absolute Gasteiger partial charge is 0.135 e. The highest BCUT2D eigenvalue weighted by molar-refractivity contribution is 5.21. The Kier molecular flexibility index (Phi) is 2.85. The van der Waals surface area contributed by atoms with Gasteiger partial charge in [-0.1, -0.05) is 44.2 Å². The van der Waals surface area contributed by atoms with Gasteiger partial charge in [-0.05, 0) is 18.4 Å². The number of hydrogen-bond acceptors (Lipinski definition) is 0. The lowest BCUT2D eigenvalue weighted by Crippen LogP contribution is -2.17. The zero-order valence-corrected chi connectivity index (χ0v) is 7.68. The molecular weight excluding hydrogens is 151 g/mol. The first-order valence-corrected chi connectivity index (χ1v) is 4.47. The number of halogens is 1. The van der Waals surface area contributed by atoms with Crippen LogP contribution in [-0.2, 0) is 5.67 Å². The van der Waals surface area contributed by atoms with Gasteiger partial charge in [-0.2, -0.15) is 0 Å². The van der Waals surface area contributed by atoms with Crippen molar-refractivity contribution in [1.82, 2.24) is 0 Å². The van der Waals surface area contributed by atoms with Crippen LogP contribution in [0.5, 0.6) is 0 Å². The normalized spacial score (nSPS) is 11.6. The lowest BCUT2D eigenvalue weighted by atomic mass is 9.91. The largest absolute Gasteiger partial charge is 0.239 e. The van der Waals surface area contributed by atoms with E-state index in [4.69, 9.17) is 0 Å². The van der Waals surface area contributed by atoms with Crippen LogP contribution in [0.4, 0.5) is 4.39 Å². The average molecular weight is 166 g/mol. The summed E-state index contributed by atoms with van der Waals surface area (Å²) in [5.74, 6) is 0. The molecule has 0 saturated heterocycles. The molecule has 0 atom stereocenters. The summed E-state index contributed by atoms with van der Waals surface area (Å²) < 4.78 is 14.0. The molecule has 0 aliphatic carbocycles. The molecule has 0 bridgehead atoms. The standard InChI is InChI=1S/C11H15F/c1-3-11(12,4-2)10-8-6-5-7-9-10/h5-9H,3-4H2,1-2H3. The Morgan fingerprint density at radius 3 is 2.00 bits per heavy atom. The van der Waals surface area contributed by atoms with Crippen molar-refractivity contribution in [1.29, 1.82) is 0 Å². The molecule has 0 spiro atoms. The minimum atomic E-state index is -1.12. The molecule has 66 valence electrons. The number of hydrogen-bond donors (Lipinski definition) is 0. The summed E-state index contributed by atoms with van der Waals surface area (Å²) >= 11 is 0. The monoisotopic (exact) mass is 166 g/mol. The fourth-order valence-electron chi connectivity index (χ4n) is 1.40. The van der Waals surface area contributed by atoms with Gasteiger partial charge in [0.05, 0.1) is 0 Å². The van der Waals surface area contributed by atoms with E-state index in [2.05, 4.69) is 0 Å². The van der Waals surface area contributed by atoms with Gasteiger partial charge in [-0.15, -0.1) is 0 Å². The fraction of sp³-hybridized carbons (Fsp3) is 0.455. The van der Waals surface area contributed by atoms with E-state index in [1.807, 2.05) is 44.2 Å². The van der Waals surface area contributed by atoms with Gasteiger partial charge in [-0.25, -0.2) is 4.39 Å². The van der Waals surface area contributed by atoms with Gasteiger partial charge in [-0.3, -0.25) is 0 Å². The Hall–Kier alpha value is -0.850. The molecule has 0 heterocycles. The summed E-state index contributed by atoms with van der Waals surface area (Å²) in [5.41, 5.74) is -0.323. The highest BCUT2D eigenvalue weighted by atomic mass is 19.1. The Balaban J connectivity index is 2.95. The Labute approximate surface area is 73.4 Å². The topological polar surface area (TPSA) is 0 Å². The SMILES string of the molecule is CCC(F)(CC)c1ccccc1. The summed E-state index contributed by atoms with van der Waals surface area (Å²) in [6.45, 7) is 3.77. The molecule has 0 aliphatic heterocycles. The molecule has 0 fully saturated rings. The summed E-state index contributed by atoms with van der Waals surface area (Å²) in [5, 5.41) is 0. The zero-order chi connectivity index (χ0) is 9.03. The first-order valence-electron chi connectivity index (χ1n) is 4.47. The maximum atomic E-state index is 14.0. The Bertz CT molecular complexity index is 224. The third-order valence-electron chi connectivity index (χ3n) is 2.41. The predicted molar refractivity (Wildman–Crippen MR) is 49.8 cm³/mol. The highest BCUT2D eigenvalue weighted by Crippen LogP contribution is 2.32. The maximum absolute atomic E-state index is 14.0. The quantitative estimate of drug-likeness (QED) is 0.642. The van der Waals surface area contributed by atoms with Gasteiger partial charge in [0.15, 0.2) is 0 Å². The van der Waals surface area contributed by atoms with Crippen LogP contribution in [0.15, 0.2) is 30.3 Å². The third-order valence-corrected chi connectivity index (χ3v) is 2.41. The van der Waals surface area contributed by atoms with E-state index in [0.717, 1.165) is 5.56 Å². The molecule has 1 rings (SSSR count). The summed E-state index contributed by atoms with van der Waals surface area (Å²) in [6.07, 6.45) is 1.10. The summed E-state index contributed by atoms with van der Waals surface area (Å²) in [4.78, 5) is 0. The molecule has 1 heteroatoms. The van der Waals surface area contributed by atoms with Gasteiger partial charge in [0.2, 0.25) is 0 Å². The molecule has 0 aliphatic rings. The first kappa shape index (κ1) is 9.24. The molecule has 1 aromatic rings. The second kappa shape index (κ2) is 3.70. The first-order chi connectivity index (χ1) is 5.73. The van der Waals surface area contributed by atoms with Crippen molar-refractivity contribution < 1.29 is 4.39 Å². The highest BCUT2D eigenvalue weighted by Gasteiger charge is 2.26.